The molecule has 0 saturated heterocycles. The summed E-state index contributed by atoms with van der Waals surface area (Å²) in [5.74, 6) is -1.65. The molecule has 1 rings (SSSR count). The quantitative estimate of drug-likeness (QED) is 0.283. The standard InChI is InChI=1S/C10H14N4O2S/c11-6(3-5-1-2-17-4-5)8(12)7(9(13)15)10(14)16/h1-2,4,15H,3,11-13H2,(H2,14,16)/b8-6+,9-7-. The lowest BCUT2D eigenvalue weighted by Crippen LogP contribution is -2.26. The van der Waals surface area contributed by atoms with Crippen molar-refractivity contribution in [2.45, 2.75) is 6.42 Å². The van der Waals surface area contributed by atoms with E-state index in [0.717, 1.165) is 5.56 Å². The Bertz CT molecular complexity index is 473. The summed E-state index contributed by atoms with van der Waals surface area (Å²) >= 11 is 1.52. The van der Waals surface area contributed by atoms with E-state index in [9.17, 15) is 4.79 Å². The van der Waals surface area contributed by atoms with Gasteiger partial charge in [0, 0.05) is 12.1 Å². The van der Waals surface area contributed by atoms with Crippen molar-refractivity contribution >= 4 is 17.2 Å². The number of amides is 1. The van der Waals surface area contributed by atoms with Crippen LogP contribution in [-0.4, -0.2) is 11.0 Å². The second kappa shape index (κ2) is 5.26. The highest BCUT2D eigenvalue weighted by atomic mass is 32.1. The number of nitrogens with two attached hydrogens (primary N) is 4. The number of hydrogen-bond donors (Lipinski definition) is 5. The Morgan fingerprint density at radius 1 is 1.29 bits per heavy atom. The summed E-state index contributed by atoms with van der Waals surface area (Å²) in [6.45, 7) is 0. The van der Waals surface area contributed by atoms with Crippen LogP contribution in [0.15, 0.2) is 39.7 Å². The van der Waals surface area contributed by atoms with Gasteiger partial charge in [0.2, 0.25) is 0 Å². The third kappa shape index (κ3) is 3.15. The van der Waals surface area contributed by atoms with Crippen LogP contribution in [0.5, 0.6) is 0 Å². The van der Waals surface area contributed by atoms with Gasteiger partial charge in [0.25, 0.3) is 5.91 Å². The predicted octanol–water partition coefficient (Wildman–Crippen LogP) is -0.367. The van der Waals surface area contributed by atoms with Crippen LogP contribution in [-0.2, 0) is 11.2 Å². The molecule has 0 aliphatic rings. The average Bonchev–Trinajstić information content (AvgIpc) is 2.68. The lowest BCUT2D eigenvalue weighted by molar-refractivity contribution is -0.114. The van der Waals surface area contributed by atoms with Gasteiger partial charge in [-0.1, -0.05) is 0 Å². The maximum absolute atomic E-state index is 11.0. The number of hydrogen-bond acceptors (Lipinski definition) is 6. The molecule has 0 atom stereocenters. The summed E-state index contributed by atoms with van der Waals surface area (Å²) in [6, 6.07) is 1.88. The summed E-state index contributed by atoms with van der Waals surface area (Å²) in [7, 11) is 0. The second-order valence-corrected chi connectivity index (χ2v) is 4.15. The first-order chi connectivity index (χ1) is 7.93. The lowest BCUT2D eigenvalue weighted by Gasteiger charge is -2.09. The van der Waals surface area contributed by atoms with E-state index in [2.05, 4.69) is 0 Å². The molecule has 0 radical (unpaired) electrons. The summed E-state index contributed by atoms with van der Waals surface area (Å²) in [4.78, 5) is 11.0. The van der Waals surface area contributed by atoms with Crippen LogP contribution in [0.4, 0.5) is 0 Å². The number of carbonyl (C=O) groups is 1. The number of rotatable bonds is 4. The van der Waals surface area contributed by atoms with Crippen LogP contribution in [0.25, 0.3) is 0 Å². The lowest BCUT2D eigenvalue weighted by atomic mass is 10.1. The van der Waals surface area contributed by atoms with Crippen LogP contribution in [0.1, 0.15) is 5.56 Å². The van der Waals surface area contributed by atoms with Crippen molar-refractivity contribution in [1.82, 2.24) is 0 Å². The first-order valence-corrected chi connectivity index (χ1v) is 5.61. The van der Waals surface area contributed by atoms with Crippen molar-refractivity contribution in [1.29, 1.82) is 0 Å². The van der Waals surface area contributed by atoms with E-state index in [-0.39, 0.29) is 17.0 Å². The Morgan fingerprint density at radius 3 is 2.35 bits per heavy atom. The number of primary amides is 1. The fraction of sp³-hybridized carbons (Fsp3) is 0.100. The van der Waals surface area contributed by atoms with Gasteiger partial charge in [0.1, 0.15) is 5.57 Å². The zero-order chi connectivity index (χ0) is 13.0. The SMILES string of the molecule is NC(=O)C(=C(/N)O)/C(N)=C(\N)Cc1ccsc1. The minimum atomic E-state index is -0.921. The zero-order valence-corrected chi connectivity index (χ0v) is 9.83. The van der Waals surface area contributed by atoms with Crippen molar-refractivity contribution in [3.8, 4) is 0 Å². The predicted molar refractivity (Wildman–Crippen MR) is 66.5 cm³/mol. The number of allylic oxidation sites excluding steroid dienone is 1. The molecule has 0 bridgehead atoms. The third-order valence-corrected chi connectivity index (χ3v) is 2.82. The molecule has 0 aromatic carbocycles. The van der Waals surface area contributed by atoms with E-state index in [0.29, 0.717) is 6.42 Å². The fourth-order valence-electron chi connectivity index (χ4n) is 1.27. The van der Waals surface area contributed by atoms with Crippen LogP contribution in [0.2, 0.25) is 0 Å². The summed E-state index contributed by atoms with van der Waals surface area (Å²) in [5.41, 5.74) is 22.3. The Kier molecular flexibility index (Phi) is 4.00. The van der Waals surface area contributed by atoms with Crippen LogP contribution >= 0.6 is 11.3 Å². The Balaban J connectivity index is 3.04. The molecule has 0 unspecified atom stereocenters. The van der Waals surface area contributed by atoms with E-state index in [4.69, 9.17) is 28.0 Å². The number of aliphatic hydroxyl groups is 1. The van der Waals surface area contributed by atoms with Gasteiger partial charge in [0.05, 0.1) is 5.70 Å². The molecule has 0 fully saturated rings. The molecule has 17 heavy (non-hydrogen) atoms. The van der Waals surface area contributed by atoms with Gasteiger partial charge < -0.3 is 28.0 Å². The van der Waals surface area contributed by atoms with Crippen LogP contribution in [0.3, 0.4) is 0 Å². The largest absolute Gasteiger partial charge is 0.494 e. The smallest absolute Gasteiger partial charge is 0.256 e. The molecule has 1 amide bonds. The van der Waals surface area contributed by atoms with Gasteiger partial charge in [-0.15, -0.1) is 0 Å². The van der Waals surface area contributed by atoms with Crippen molar-refractivity contribution < 1.29 is 9.90 Å². The molecule has 1 aromatic heterocycles. The maximum atomic E-state index is 11.0. The highest BCUT2D eigenvalue weighted by Gasteiger charge is 2.16. The first-order valence-electron chi connectivity index (χ1n) is 4.67. The third-order valence-electron chi connectivity index (χ3n) is 2.09. The van der Waals surface area contributed by atoms with Gasteiger partial charge >= 0.3 is 0 Å². The van der Waals surface area contributed by atoms with E-state index in [1.54, 1.807) is 0 Å². The molecule has 1 heterocycles. The zero-order valence-electron chi connectivity index (χ0n) is 9.01. The number of aliphatic hydroxyl groups excluding tert-OH is 1. The Hall–Kier alpha value is -2.15. The summed E-state index contributed by atoms with van der Waals surface area (Å²) < 4.78 is 0. The van der Waals surface area contributed by atoms with Gasteiger partial charge in [-0.2, -0.15) is 11.3 Å². The van der Waals surface area contributed by atoms with E-state index >= 15 is 0 Å². The summed E-state index contributed by atoms with van der Waals surface area (Å²) in [5, 5.41) is 12.9. The van der Waals surface area contributed by atoms with Crippen molar-refractivity contribution in [2.24, 2.45) is 22.9 Å². The monoisotopic (exact) mass is 254 g/mol. The van der Waals surface area contributed by atoms with E-state index in [1.165, 1.54) is 11.3 Å². The molecule has 0 spiro atoms. The Labute approximate surface area is 102 Å². The molecule has 0 saturated carbocycles. The average molecular weight is 254 g/mol. The van der Waals surface area contributed by atoms with Gasteiger partial charge in [-0.25, -0.2) is 0 Å². The molecule has 7 heteroatoms. The Morgan fingerprint density at radius 2 is 1.94 bits per heavy atom. The molecular weight excluding hydrogens is 240 g/mol. The highest BCUT2D eigenvalue weighted by Crippen LogP contribution is 2.14. The number of thiophene rings is 1. The minimum absolute atomic E-state index is 0.0938. The molecule has 9 N–H and O–H groups in total. The van der Waals surface area contributed by atoms with Crippen molar-refractivity contribution in [2.75, 3.05) is 0 Å². The second-order valence-electron chi connectivity index (χ2n) is 3.37. The first kappa shape index (κ1) is 12.9. The molecule has 0 aliphatic carbocycles. The fourth-order valence-corrected chi connectivity index (χ4v) is 1.93. The van der Waals surface area contributed by atoms with Gasteiger partial charge in [-0.05, 0) is 22.4 Å². The normalized spacial score (nSPS) is 13.9. The molecular formula is C10H14N4O2S. The van der Waals surface area contributed by atoms with Crippen molar-refractivity contribution in [3.05, 3.63) is 45.2 Å². The number of carbonyl (C=O) groups excluding carboxylic acids is 1. The molecule has 92 valence electrons. The minimum Gasteiger partial charge on any atom is -0.494 e. The van der Waals surface area contributed by atoms with E-state index < -0.39 is 11.8 Å². The molecule has 1 aromatic rings. The van der Waals surface area contributed by atoms with Crippen molar-refractivity contribution in [3.63, 3.8) is 0 Å². The van der Waals surface area contributed by atoms with Crippen LogP contribution in [0, 0.1) is 0 Å². The summed E-state index contributed by atoms with van der Waals surface area (Å²) in [6.07, 6.45) is 0.361. The maximum Gasteiger partial charge on any atom is 0.256 e. The molecule has 0 aliphatic heterocycles. The van der Waals surface area contributed by atoms with Gasteiger partial charge in [0.15, 0.2) is 5.88 Å². The molecule has 6 nitrogen and oxygen atoms in total. The van der Waals surface area contributed by atoms with E-state index in [1.807, 2.05) is 16.8 Å². The van der Waals surface area contributed by atoms with Crippen LogP contribution < -0.4 is 22.9 Å². The topological polar surface area (TPSA) is 141 Å². The highest BCUT2D eigenvalue weighted by molar-refractivity contribution is 7.07. The van der Waals surface area contributed by atoms with Gasteiger partial charge in [-0.3, -0.25) is 4.79 Å².